The highest BCUT2D eigenvalue weighted by molar-refractivity contribution is 7.93. The van der Waals surface area contributed by atoms with Gasteiger partial charge < -0.3 is 14.2 Å². The number of nitrogens with one attached hydrogen (secondary N) is 1. The molecule has 0 aliphatic carbocycles. The van der Waals surface area contributed by atoms with E-state index in [1.807, 2.05) is 20.8 Å². The van der Waals surface area contributed by atoms with Crippen molar-refractivity contribution in [2.75, 3.05) is 18.4 Å². The van der Waals surface area contributed by atoms with E-state index in [2.05, 4.69) is 29.9 Å². The van der Waals surface area contributed by atoms with Crippen LogP contribution in [-0.2, 0) is 26.0 Å². The predicted octanol–water partition coefficient (Wildman–Crippen LogP) is 3.31. The molecule has 1 aliphatic rings. The zero-order valence-corrected chi connectivity index (χ0v) is 23.2. The second-order valence-corrected chi connectivity index (χ2v) is 11.6. The minimum absolute atomic E-state index is 0.0683. The van der Waals surface area contributed by atoms with Crippen molar-refractivity contribution in [3.63, 3.8) is 0 Å². The topological polar surface area (TPSA) is 143 Å². The Hall–Kier alpha value is -3.16. The summed E-state index contributed by atoms with van der Waals surface area (Å²) >= 11 is 0. The lowest BCUT2D eigenvalue weighted by Gasteiger charge is -2.26. The third kappa shape index (κ3) is 6.63. The molecule has 0 spiro atoms. The average molecular weight is 546 g/mol. The molecule has 12 nitrogen and oxygen atoms in total. The first kappa shape index (κ1) is 27.9. The molecule has 0 amide bonds. The van der Waals surface area contributed by atoms with E-state index in [-0.39, 0.29) is 18.2 Å². The summed E-state index contributed by atoms with van der Waals surface area (Å²) in [6.45, 7) is 8.11. The number of hydrogen-bond acceptors (Lipinski definition) is 10. The van der Waals surface area contributed by atoms with E-state index in [1.54, 1.807) is 42.1 Å². The molecule has 4 rings (SSSR count). The minimum Gasteiger partial charge on any atom is -0.481 e. The zero-order chi connectivity index (χ0) is 27.3. The molecule has 13 heteroatoms. The van der Waals surface area contributed by atoms with Crippen molar-refractivity contribution in [3.8, 4) is 17.4 Å². The second kappa shape index (κ2) is 12.1. The maximum atomic E-state index is 13.7. The number of rotatable bonds is 11. The van der Waals surface area contributed by atoms with Crippen LogP contribution in [0.25, 0.3) is 11.5 Å². The van der Waals surface area contributed by atoms with Crippen LogP contribution in [0.3, 0.4) is 0 Å². The van der Waals surface area contributed by atoms with Crippen molar-refractivity contribution in [2.24, 2.45) is 0 Å². The van der Waals surface area contributed by atoms with Gasteiger partial charge in [0.25, 0.3) is 0 Å². The number of pyridine rings is 1. The molecule has 2 unspecified atom stereocenters. The van der Waals surface area contributed by atoms with Gasteiger partial charge >= 0.3 is 0 Å². The Labute approximate surface area is 223 Å². The van der Waals surface area contributed by atoms with E-state index in [9.17, 15) is 8.42 Å². The number of nitrogens with zero attached hydrogens (tertiary/aromatic N) is 6. The maximum Gasteiger partial charge on any atom is 0.240 e. The van der Waals surface area contributed by atoms with Gasteiger partial charge in [0.1, 0.15) is 17.0 Å². The van der Waals surface area contributed by atoms with Crippen LogP contribution in [0.1, 0.15) is 57.5 Å². The summed E-state index contributed by atoms with van der Waals surface area (Å²) in [5.74, 6) is 1.17. The SMILES string of the molecule is COc1cccc(-c2nnc(NS(=O)(=O)C(C)C(OC(C)C)c3ncc(C)cn3)n2C[C@@H]2CCCCO2)n1. The Balaban J connectivity index is 1.67. The summed E-state index contributed by atoms with van der Waals surface area (Å²) in [5, 5.41) is 7.45. The smallest absolute Gasteiger partial charge is 0.240 e. The zero-order valence-electron chi connectivity index (χ0n) is 22.4. The first-order valence-corrected chi connectivity index (χ1v) is 14.2. The number of hydrogen-bond donors (Lipinski definition) is 1. The fourth-order valence-corrected chi connectivity index (χ4v) is 5.26. The summed E-state index contributed by atoms with van der Waals surface area (Å²) < 4.78 is 48.8. The number of anilines is 1. The summed E-state index contributed by atoms with van der Waals surface area (Å²) in [6.07, 6.45) is 4.90. The molecular formula is C25H35N7O5S. The molecule has 0 radical (unpaired) electrons. The summed E-state index contributed by atoms with van der Waals surface area (Å²) in [7, 11) is -2.50. The van der Waals surface area contributed by atoms with Crippen molar-refractivity contribution < 1.29 is 22.6 Å². The van der Waals surface area contributed by atoms with Gasteiger partial charge in [-0.15, -0.1) is 10.2 Å². The Morgan fingerprint density at radius 1 is 1.16 bits per heavy atom. The van der Waals surface area contributed by atoms with E-state index in [0.29, 0.717) is 36.4 Å². The van der Waals surface area contributed by atoms with E-state index in [1.165, 1.54) is 7.11 Å². The first-order chi connectivity index (χ1) is 18.2. The lowest BCUT2D eigenvalue weighted by Crippen LogP contribution is -2.35. The monoisotopic (exact) mass is 545 g/mol. The lowest BCUT2D eigenvalue weighted by atomic mass is 10.1. The molecule has 1 saturated heterocycles. The standard InChI is InChI=1S/C25H35N7O5S/c1-16(2)37-22(23-26-13-17(3)14-27-23)18(4)38(33,34)31-25-30-29-24(20-10-8-11-21(28-20)35-5)32(25)15-19-9-6-7-12-36-19/h8,10-11,13-14,16,18-19,22H,6-7,9,12,15H2,1-5H3,(H,30,31)/t18?,19-,22?/m0/s1. The first-order valence-electron chi connectivity index (χ1n) is 12.7. The Bertz CT molecular complexity index is 1310. The highest BCUT2D eigenvalue weighted by atomic mass is 32.2. The number of aromatic nitrogens is 6. The summed E-state index contributed by atoms with van der Waals surface area (Å²) in [5.41, 5.74) is 1.36. The average Bonchev–Trinajstić information content (AvgIpc) is 3.29. The molecule has 3 aromatic heterocycles. The highest BCUT2D eigenvalue weighted by Gasteiger charge is 2.36. The third-order valence-electron chi connectivity index (χ3n) is 6.20. The number of methoxy groups -OCH3 is 1. The molecule has 206 valence electrons. The number of ether oxygens (including phenoxy) is 3. The molecule has 1 aliphatic heterocycles. The number of aryl methyl sites for hydroxylation is 1. The van der Waals surface area contributed by atoms with E-state index in [0.717, 1.165) is 24.8 Å². The Morgan fingerprint density at radius 3 is 2.58 bits per heavy atom. The van der Waals surface area contributed by atoms with E-state index in [4.69, 9.17) is 14.2 Å². The molecule has 1 N–H and O–H groups in total. The molecule has 1 fully saturated rings. The quantitative estimate of drug-likeness (QED) is 0.381. The normalized spacial score (nSPS) is 17.8. The van der Waals surface area contributed by atoms with Gasteiger partial charge in [0.05, 0.1) is 25.9 Å². The Morgan fingerprint density at radius 2 is 1.92 bits per heavy atom. The van der Waals surface area contributed by atoms with Gasteiger partial charge in [-0.2, -0.15) is 0 Å². The largest absolute Gasteiger partial charge is 0.481 e. The Kier molecular flexibility index (Phi) is 8.90. The molecule has 4 heterocycles. The van der Waals surface area contributed by atoms with Gasteiger partial charge in [-0.05, 0) is 58.6 Å². The number of sulfonamides is 1. The van der Waals surface area contributed by atoms with Crippen LogP contribution in [-0.4, -0.2) is 69.3 Å². The predicted molar refractivity (Wildman–Crippen MR) is 141 cm³/mol. The van der Waals surface area contributed by atoms with Crippen LogP contribution in [0.4, 0.5) is 5.95 Å². The van der Waals surface area contributed by atoms with Gasteiger partial charge in [0.15, 0.2) is 11.6 Å². The van der Waals surface area contributed by atoms with Gasteiger partial charge in [-0.1, -0.05) is 6.07 Å². The maximum absolute atomic E-state index is 13.7. The van der Waals surface area contributed by atoms with Gasteiger partial charge in [0, 0.05) is 25.1 Å². The van der Waals surface area contributed by atoms with Crippen molar-refractivity contribution in [3.05, 3.63) is 42.0 Å². The molecule has 0 saturated carbocycles. The second-order valence-electron chi connectivity index (χ2n) is 9.59. The van der Waals surface area contributed by atoms with Crippen molar-refractivity contribution in [1.82, 2.24) is 29.7 Å². The van der Waals surface area contributed by atoms with E-state index >= 15 is 0 Å². The highest BCUT2D eigenvalue weighted by Crippen LogP contribution is 2.28. The van der Waals surface area contributed by atoms with Gasteiger partial charge in [-0.3, -0.25) is 9.29 Å². The van der Waals surface area contributed by atoms with Crippen molar-refractivity contribution >= 4 is 16.0 Å². The van der Waals surface area contributed by atoms with Crippen LogP contribution in [0.2, 0.25) is 0 Å². The summed E-state index contributed by atoms with van der Waals surface area (Å²) in [6, 6.07) is 5.29. The van der Waals surface area contributed by atoms with Crippen LogP contribution in [0.15, 0.2) is 30.6 Å². The van der Waals surface area contributed by atoms with Gasteiger partial charge in [0.2, 0.25) is 21.9 Å². The van der Waals surface area contributed by atoms with Crippen molar-refractivity contribution in [1.29, 1.82) is 0 Å². The van der Waals surface area contributed by atoms with Crippen LogP contribution < -0.4 is 9.46 Å². The van der Waals surface area contributed by atoms with Crippen LogP contribution in [0, 0.1) is 6.92 Å². The van der Waals surface area contributed by atoms with E-state index < -0.39 is 21.4 Å². The molecule has 38 heavy (non-hydrogen) atoms. The molecular weight excluding hydrogens is 510 g/mol. The fraction of sp³-hybridized carbons (Fsp3) is 0.560. The molecule has 0 aromatic carbocycles. The van der Waals surface area contributed by atoms with Crippen LogP contribution in [0.5, 0.6) is 5.88 Å². The summed E-state index contributed by atoms with van der Waals surface area (Å²) in [4.78, 5) is 13.1. The molecule has 3 atom stereocenters. The van der Waals surface area contributed by atoms with Gasteiger partial charge in [-0.25, -0.2) is 23.4 Å². The fourth-order valence-electron chi connectivity index (χ4n) is 4.16. The minimum atomic E-state index is -4.03. The molecule has 0 bridgehead atoms. The third-order valence-corrected chi connectivity index (χ3v) is 7.89. The van der Waals surface area contributed by atoms with Crippen LogP contribution >= 0.6 is 0 Å². The van der Waals surface area contributed by atoms with Crippen molar-refractivity contribution in [2.45, 2.75) is 77.1 Å². The lowest BCUT2D eigenvalue weighted by molar-refractivity contribution is 0.00148. The molecule has 3 aromatic rings.